The van der Waals surface area contributed by atoms with Crippen molar-refractivity contribution in [3.05, 3.63) is 53.6 Å². The van der Waals surface area contributed by atoms with Gasteiger partial charge < -0.3 is 19.1 Å². The number of benzene rings is 2. The van der Waals surface area contributed by atoms with Crippen LogP contribution in [0.15, 0.2) is 42.5 Å². The van der Waals surface area contributed by atoms with Gasteiger partial charge in [0.1, 0.15) is 6.61 Å². The molecule has 0 aliphatic heterocycles. The van der Waals surface area contributed by atoms with Crippen LogP contribution in [0.5, 0.6) is 17.2 Å². The summed E-state index contributed by atoms with van der Waals surface area (Å²) in [7, 11) is 3.14. The molecule has 5 heteroatoms. The zero-order valence-corrected chi connectivity index (χ0v) is 16.4. The molecule has 0 N–H and O–H groups in total. The minimum atomic E-state index is -0.00120. The van der Waals surface area contributed by atoms with Crippen molar-refractivity contribution in [3.8, 4) is 17.2 Å². The summed E-state index contributed by atoms with van der Waals surface area (Å²) in [4.78, 5) is 15.0. The average molecular weight is 369 g/mol. The number of hydrogen-bond donors (Lipinski definition) is 0. The molecule has 1 aliphatic rings. The maximum Gasteiger partial charge on any atom is 0.254 e. The van der Waals surface area contributed by atoms with Crippen molar-refractivity contribution in [2.45, 2.75) is 45.4 Å². The summed E-state index contributed by atoms with van der Waals surface area (Å²) >= 11 is 0. The normalized spacial score (nSPS) is 13.4. The molecule has 0 heterocycles. The number of carbonyl (C=O) groups excluding carboxylic acids is 1. The summed E-state index contributed by atoms with van der Waals surface area (Å²) in [5, 5.41) is 0. The molecule has 0 aromatic heterocycles. The molecule has 0 unspecified atom stereocenters. The van der Waals surface area contributed by atoms with E-state index >= 15 is 0 Å². The SMILES string of the molecule is COc1cc(C(=O)N(C(C)C)C2CC2)cc(OC)c1OCc1ccccc1. The van der Waals surface area contributed by atoms with E-state index in [4.69, 9.17) is 14.2 Å². The van der Waals surface area contributed by atoms with Gasteiger partial charge in [-0.15, -0.1) is 0 Å². The number of carbonyl (C=O) groups is 1. The van der Waals surface area contributed by atoms with Gasteiger partial charge in [-0.25, -0.2) is 0 Å². The lowest BCUT2D eigenvalue weighted by molar-refractivity contribution is 0.0689. The quantitative estimate of drug-likeness (QED) is 0.696. The van der Waals surface area contributed by atoms with Crippen molar-refractivity contribution in [2.24, 2.45) is 0 Å². The van der Waals surface area contributed by atoms with Crippen molar-refractivity contribution in [3.63, 3.8) is 0 Å². The fourth-order valence-electron chi connectivity index (χ4n) is 3.20. The van der Waals surface area contributed by atoms with E-state index in [0.717, 1.165) is 18.4 Å². The predicted molar refractivity (Wildman–Crippen MR) is 105 cm³/mol. The van der Waals surface area contributed by atoms with Gasteiger partial charge in [-0.05, 0) is 44.4 Å². The molecule has 3 rings (SSSR count). The van der Waals surface area contributed by atoms with Crippen LogP contribution < -0.4 is 14.2 Å². The highest BCUT2D eigenvalue weighted by Gasteiger charge is 2.35. The molecule has 2 aromatic rings. The van der Waals surface area contributed by atoms with Gasteiger partial charge in [0.25, 0.3) is 5.91 Å². The van der Waals surface area contributed by atoms with E-state index in [-0.39, 0.29) is 11.9 Å². The lowest BCUT2D eigenvalue weighted by atomic mass is 10.1. The highest BCUT2D eigenvalue weighted by molar-refractivity contribution is 5.96. The first kappa shape index (κ1) is 19.1. The molecule has 0 radical (unpaired) electrons. The molecule has 0 atom stereocenters. The standard InChI is InChI=1S/C22H27NO4/c1-15(2)23(18-10-11-18)22(24)17-12-19(25-3)21(20(13-17)26-4)27-14-16-8-6-5-7-9-16/h5-9,12-13,15,18H,10-11,14H2,1-4H3. The molecule has 0 bridgehead atoms. The smallest absolute Gasteiger partial charge is 0.254 e. The zero-order chi connectivity index (χ0) is 19.4. The summed E-state index contributed by atoms with van der Waals surface area (Å²) < 4.78 is 17.0. The first-order chi connectivity index (χ1) is 13.0. The second-order valence-electron chi connectivity index (χ2n) is 7.02. The molecule has 1 aliphatic carbocycles. The summed E-state index contributed by atoms with van der Waals surface area (Å²) in [6.07, 6.45) is 2.13. The van der Waals surface area contributed by atoms with E-state index in [1.54, 1.807) is 26.4 Å². The Hall–Kier alpha value is -2.69. The average Bonchev–Trinajstić information content (AvgIpc) is 3.51. The van der Waals surface area contributed by atoms with Crippen LogP contribution >= 0.6 is 0 Å². The highest BCUT2D eigenvalue weighted by Crippen LogP contribution is 2.40. The van der Waals surface area contributed by atoms with E-state index in [1.165, 1.54) is 0 Å². The fraction of sp³-hybridized carbons (Fsp3) is 0.409. The van der Waals surface area contributed by atoms with E-state index in [0.29, 0.717) is 35.5 Å². The van der Waals surface area contributed by atoms with Gasteiger partial charge in [-0.2, -0.15) is 0 Å². The summed E-state index contributed by atoms with van der Waals surface area (Å²) in [5.74, 6) is 1.49. The number of ether oxygens (including phenoxy) is 3. The Bertz CT molecular complexity index is 757. The Morgan fingerprint density at radius 1 is 1.07 bits per heavy atom. The molecular weight excluding hydrogens is 342 g/mol. The maximum absolute atomic E-state index is 13.1. The van der Waals surface area contributed by atoms with Crippen LogP contribution in [-0.4, -0.2) is 37.1 Å². The Morgan fingerprint density at radius 2 is 1.67 bits per heavy atom. The second kappa shape index (κ2) is 8.33. The summed E-state index contributed by atoms with van der Waals surface area (Å²) in [5.41, 5.74) is 1.60. The van der Waals surface area contributed by atoms with Crippen LogP contribution in [0.25, 0.3) is 0 Å². The molecule has 0 saturated heterocycles. The predicted octanol–water partition coefficient (Wildman–Crippen LogP) is 4.30. The molecular formula is C22H27NO4. The van der Waals surface area contributed by atoms with Crippen LogP contribution in [0.1, 0.15) is 42.6 Å². The van der Waals surface area contributed by atoms with Crippen LogP contribution in [0.3, 0.4) is 0 Å². The first-order valence-corrected chi connectivity index (χ1v) is 9.30. The number of amides is 1. The third-order valence-corrected chi connectivity index (χ3v) is 4.66. The molecule has 1 fully saturated rings. The number of methoxy groups -OCH3 is 2. The third-order valence-electron chi connectivity index (χ3n) is 4.66. The highest BCUT2D eigenvalue weighted by atomic mass is 16.5. The number of nitrogens with zero attached hydrogens (tertiary/aromatic N) is 1. The van der Waals surface area contributed by atoms with Gasteiger partial charge >= 0.3 is 0 Å². The molecule has 2 aromatic carbocycles. The van der Waals surface area contributed by atoms with E-state index in [2.05, 4.69) is 0 Å². The molecule has 5 nitrogen and oxygen atoms in total. The molecule has 0 spiro atoms. The Balaban J connectivity index is 1.88. The lowest BCUT2D eigenvalue weighted by Crippen LogP contribution is -2.38. The van der Waals surface area contributed by atoms with Gasteiger partial charge in [0.2, 0.25) is 5.75 Å². The van der Waals surface area contributed by atoms with Crippen LogP contribution in [-0.2, 0) is 6.61 Å². The van der Waals surface area contributed by atoms with Crippen molar-refractivity contribution < 1.29 is 19.0 Å². The van der Waals surface area contributed by atoms with E-state index in [9.17, 15) is 4.79 Å². The van der Waals surface area contributed by atoms with Crippen LogP contribution in [0.2, 0.25) is 0 Å². The van der Waals surface area contributed by atoms with Crippen LogP contribution in [0.4, 0.5) is 0 Å². The van der Waals surface area contributed by atoms with Crippen molar-refractivity contribution in [2.75, 3.05) is 14.2 Å². The monoisotopic (exact) mass is 369 g/mol. The van der Waals surface area contributed by atoms with Crippen molar-refractivity contribution in [1.82, 2.24) is 4.90 Å². The topological polar surface area (TPSA) is 48.0 Å². The number of hydrogen-bond acceptors (Lipinski definition) is 4. The Morgan fingerprint density at radius 3 is 2.15 bits per heavy atom. The van der Waals surface area contributed by atoms with Crippen molar-refractivity contribution in [1.29, 1.82) is 0 Å². The second-order valence-corrected chi connectivity index (χ2v) is 7.02. The minimum absolute atomic E-state index is 0.00120. The maximum atomic E-state index is 13.1. The lowest BCUT2D eigenvalue weighted by Gasteiger charge is -2.27. The van der Waals surface area contributed by atoms with Crippen LogP contribution in [0, 0.1) is 0 Å². The molecule has 27 heavy (non-hydrogen) atoms. The van der Waals surface area contributed by atoms with Gasteiger partial charge in [-0.1, -0.05) is 30.3 Å². The summed E-state index contributed by atoms with van der Waals surface area (Å²) in [6, 6.07) is 13.8. The number of rotatable bonds is 8. The molecule has 1 saturated carbocycles. The summed E-state index contributed by atoms with van der Waals surface area (Å²) in [6.45, 7) is 4.48. The largest absolute Gasteiger partial charge is 0.493 e. The molecule has 1 amide bonds. The van der Waals surface area contributed by atoms with Gasteiger partial charge in [-0.3, -0.25) is 4.79 Å². The zero-order valence-electron chi connectivity index (χ0n) is 16.4. The molecule has 144 valence electrons. The van der Waals surface area contributed by atoms with Gasteiger partial charge in [0.05, 0.1) is 14.2 Å². The van der Waals surface area contributed by atoms with E-state index in [1.807, 2.05) is 49.1 Å². The first-order valence-electron chi connectivity index (χ1n) is 9.30. The Labute approximate surface area is 160 Å². The third kappa shape index (κ3) is 4.35. The van der Waals surface area contributed by atoms with Gasteiger partial charge in [0, 0.05) is 17.6 Å². The minimum Gasteiger partial charge on any atom is -0.493 e. The van der Waals surface area contributed by atoms with Crippen molar-refractivity contribution >= 4 is 5.91 Å². The van der Waals surface area contributed by atoms with Gasteiger partial charge in [0.15, 0.2) is 11.5 Å². The fourth-order valence-corrected chi connectivity index (χ4v) is 3.20. The Kier molecular flexibility index (Phi) is 5.89. The van der Waals surface area contributed by atoms with E-state index < -0.39 is 0 Å².